The summed E-state index contributed by atoms with van der Waals surface area (Å²) in [4.78, 5) is 1.25. The first-order valence-electron chi connectivity index (χ1n) is 6.16. The molecule has 3 heteroatoms. The second-order valence-electron chi connectivity index (χ2n) is 4.77. The predicted molar refractivity (Wildman–Crippen MR) is 75.7 cm³/mol. The fourth-order valence-corrected chi connectivity index (χ4v) is 2.51. The Bertz CT molecular complexity index is 321. The molecule has 1 rings (SSSR count). The molecule has 1 unspecified atom stereocenters. The Balaban J connectivity index is 2.61. The molecule has 0 aliphatic carbocycles. The molecule has 0 aliphatic heterocycles. The van der Waals surface area contributed by atoms with Crippen molar-refractivity contribution in [2.24, 2.45) is 11.7 Å². The maximum absolute atomic E-state index is 5.77. The zero-order valence-corrected chi connectivity index (χ0v) is 12.0. The van der Waals surface area contributed by atoms with E-state index < -0.39 is 0 Å². The van der Waals surface area contributed by atoms with Gasteiger partial charge in [-0.1, -0.05) is 13.8 Å². The highest BCUT2D eigenvalue weighted by molar-refractivity contribution is 8.00. The summed E-state index contributed by atoms with van der Waals surface area (Å²) in [5.74, 6) is 1.52. The van der Waals surface area contributed by atoms with Gasteiger partial charge in [-0.05, 0) is 44.0 Å². The van der Waals surface area contributed by atoms with Gasteiger partial charge in [-0.25, -0.2) is 0 Å². The van der Waals surface area contributed by atoms with Gasteiger partial charge in [0.25, 0.3) is 0 Å². The smallest absolute Gasteiger partial charge is 0.119 e. The molecule has 0 amide bonds. The van der Waals surface area contributed by atoms with Gasteiger partial charge in [-0.15, -0.1) is 11.8 Å². The number of benzene rings is 1. The molecule has 0 saturated carbocycles. The topological polar surface area (TPSA) is 35.2 Å². The van der Waals surface area contributed by atoms with Gasteiger partial charge in [0.15, 0.2) is 0 Å². The first-order valence-corrected chi connectivity index (χ1v) is 7.04. The summed E-state index contributed by atoms with van der Waals surface area (Å²) in [7, 11) is 0. The van der Waals surface area contributed by atoms with Crippen molar-refractivity contribution in [2.45, 2.75) is 43.9 Å². The fraction of sp³-hybridized carbons (Fsp3) is 0.571. The van der Waals surface area contributed by atoms with E-state index >= 15 is 0 Å². The van der Waals surface area contributed by atoms with Crippen LogP contribution in [0.2, 0.25) is 0 Å². The number of thioether (sulfide) groups is 1. The van der Waals surface area contributed by atoms with Gasteiger partial charge in [0.05, 0.1) is 6.10 Å². The van der Waals surface area contributed by atoms with Crippen LogP contribution in [0.5, 0.6) is 5.75 Å². The van der Waals surface area contributed by atoms with Crippen molar-refractivity contribution in [3.63, 3.8) is 0 Å². The van der Waals surface area contributed by atoms with Crippen LogP contribution in [0.3, 0.4) is 0 Å². The van der Waals surface area contributed by atoms with Crippen molar-refractivity contribution in [2.75, 3.05) is 6.54 Å². The summed E-state index contributed by atoms with van der Waals surface area (Å²) in [6.07, 6.45) is 0.223. The lowest BCUT2D eigenvalue weighted by molar-refractivity contribution is 0.242. The van der Waals surface area contributed by atoms with E-state index in [2.05, 4.69) is 26.0 Å². The average Bonchev–Trinajstić information content (AvgIpc) is 2.26. The molecule has 2 nitrogen and oxygen atoms in total. The molecule has 0 saturated heterocycles. The van der Waals surface area contributed by atoms with E-state index in [4.69, 9.17) is 10.5 Å². The third-order valence-corrected chi connectivity index (χ3v) is 4.04. The molecule has 0 radical (unpaired) electrons. The van der Waals surface area contributed by atoms with Gasteiger partial charge in [0, 0.05) is 16.7 Å². The van der Waals surface area contributed by atoms with Gasteiger partial charge in [0.1, 0.15) is 5.75 Å². The highest BCUT2D eigenvalue weighted by Gasteiger charge is 2.12. The molecule has 17 heavy (non-hydrogen) atoms. The zero-order valence-electron chi connectivity index (χ0n) is 11.1. The van der Waals surface area contributed by atoms with Gasteiger partial charge in [0.2, 0.25) is 0 Å². The van der Waals surface area contributed by atoms with Gasteiger partial charge in [-0.3, -0.25) is 0 Å². The van der Waals surface area contributed by atoms with Crippen LogP contribution in [0, 0.1) is 5.92 Å². The summed E-state index contributed by atoms with van der Waals surface area (Å²) in [5, 5.41) is 0.479. The van der Waals surface area contributed by atoms with Crippen LogP contribution in [-0.4, -0.2) is 17.9 Å². The molecule has 1 aromatic carbocycles. The Morgan fingerprint density at radius 3 is 2.12 bits per heavy atom. The minimum Gasteiger partial charge on any atom is -0.491 e. The molecular formula is C14H23NOS. The molecule has 1 atom stereocenters. The van der Waals surface area contributed by atoms with Crippen molar-refractivity contribution in [3.05, 3.63) is 24.3 Å². The summed E-state index contributed by atoms with van der Waals surface area (Å²) in [6.45, 7) is 9.20. The highest BCUT2D eigenvalue weighted by atomic mass is 32.2. The van der Waals surface area contributed by atoms with E-state index in [0.29, 0.717) is 17.7 Å². The van der Waals surface area contributed by atoms with E-state index in [9.17, 15) is 0 Å². The van der Waals surface area contributed by atoms with Gasteiger partial charge >= 0.3 is 0 Å². The fourth-order valence-electron chi connectivity index (χ4n) is 1.50. The van der Waals surface area contributed by atoms with Crippen molar-refractivity contribution in [3.8, 4) is 5.75 Å². The minimum absolute atomic E-state index is 0.223. The number of hydrogen-bond donors (Lipinski definition) is 1. The van der Waals surface area contributed by atoms with Crippen LogP contribution in [0.4, 0.5) is 0 Å². The second kappa shape index (κ2) is 6.92. The molecule has 0 aliphatic rings. The monoisotopic (exact) mass is 253 g/mol. The maximum Gasteiger partial charge on any atom is 0.119 e. The number of hydrogen-bond acceptors (Lipinski definition) is 3. The second-order valence-corrected chi connectivity index (χ2v) is 6.09. The largest absolute Gasteiger partial charge is 0.491 e. The van der Waals surface area contributed by atoms with Crippen molar-refractivity contribution < 1.29 is 4.74 Å². The van der Waals surface area contributed by atoms with Crippen LogP contribution in [0.1, 0.15) is 27.7 Å². The first kappa shape index (κ1) is 14.4. The third-order valence-electron chi connectivity index (χ3n) is 2.46. The molecular weight excluding hydrogens is 230 g/mol. The molecule has 0 bridgehead atoms. The zero-order chi connectivity index (χ0) is 12.8. The van der Waals surface area contributed by atoms with E-state index in [1.807, 2.05) is 37.7 Å². The van der Waals surface area contributed by atoms with Crippen LogP contribution < -0.4 is 10.5 Å². The van der Waals surface area contributed by atoms with Crippen molar-refractivity contribution in [1.82, 2.24) is 0 Å². The van der Waals surface area contributed by atoms with Crippen LogP contribution in [0.25, 0.3) is 0 Å². The van der Waals surface area contributed by atoms with E-state index in [0.717, 1.165) is 5.75 Å². The number of rotatable bonds is 6. The highest BCUT2D eigenvalue weighted by Crippen LogP contribution is 2.28. The average molecular weight is 253 g/mol. The minimum atomic E-state index is 0.223. The first-order chi connectivity index (χ1) is 8.02. The Morgan fingerprint density at radius 1 is 1.12 bits per heavy atom. The standard InChI is InChI=1S/C14H23NOS/c1-10(2)14(9-15)17-13-7-5-12(6-8-13)16-11(3)4/h5-8,10-11,14H,9,15H2,1-4H3. The Morgan fingerprint density at radius 2 is 1.71 bits per heavy atom. The lowest BCUT2D eigenvalue weighted by Crippen LogP contribution is -2.22. The molecule has 0 spiro atoms. The van der Waals surface area contributed by atoms with Crippen molar-refractivity contribution >= 4 is 11.8 Å². The molecule has 96 valence electrons. The Hall–Kier alpha value is -0.670. The Kier molecular flexibility index (Phi) is 5.86. The Labute approximate surface area is 109 Å². The predicted octanol–water partition coefficient (Wildman–Crippen LogP) is 3.55. The SMILES string of the molecule is CC(C)Oc1ccc(SC(CN)C(C)C)cc1. The quantitative estimate of drug-likeness (QED) is 0.787. The summed E-state index contributed by atoms with van der Waals surface area (Å²) < 4.78 is 5.61. The molecule has 0 fully saturated rings. The molecule has 2 N–H and O–H groups in total. The van der Waals surface area contributed by atoms with Crippen LogP contribution in [0.15, 0.2) is 29.2 Å². The van der Waals surface area contributed by atoms with Crippen LogP contribution in [-0.2, 0) is 0 Å². The molecule has 0 aromatic heterocycles. The lowest BCUT2D eigenvalue weighted by atomic mass is 10.1. The van der Waals surface area contributed by atoms with Gasteiger partial charge < -0.3 is 10.5 Å². The lowest BCUT2D eigenvalue weighted by Gasteiger charge is -2.18. The van der Waals surface area contributed by atoms with Crippen LogP contribution >= 0.6 is 11.8 Å². The van der Waals surface area contributed by atoms with Gasteiger partial charge in [-0.2, -0.15) is 0 Å². The maximum atomic E-state index is 5.77. The number of nitrogens with two attached hydrogens (primary N) is 1. The molecule has 0 heterocycles. The summed E-state index contributed by atoms with van der Waals surface area (Å²) >= 11 is 1.84. The summed E-state index contributed by atoms with van der Waals surface area (Å²) in [6, 6.07) is 8.26. The normalized spacial score (nSPS) is 13.1. The molecule has 1 aromatic rings. The van der Waals surface area contributed by atoms with E-state index in [-0.39, 0.29) is 6.10 Å². The van der Waals surface area contributed by atoms with Crippen molar-refractivity contribution in [1.29, 1.82) is 0 Å². The third kappa shape index (κ3) is 5.00. The number of ether oxygens (including phenoxy) is 1. The van der Waals surface area contributed by atoms with E-state index in [1.54, 1.807) is 0 Å². The summed E-state index contributed by atoms with van der Waals surface area (Å²) in [5.41, 5.74) is 5.77. The van der Waals surface area contributed by atoms with E-state index in [1.165, 1.54) is 4.90 Å².